The fourth-order valence-electron chi connectivity index (χ4n) is 1.91. The average Bonchev–Trinajstić information content (AvgIpc) is 2.83. The highest BCUT2D eigenvalue weighted by atomic mass is 16.5. The Bertz CT molecular complexity index is 363. The van der Waals surface area contributed by atoms with Gasteiger partial charge in [0.25, 0.3) is 0 Å². The summed E-state index contributed by atoms with van der Waals surface area (Å²) >= 11 is 0. The van der Waals surface area contributed by atoms with E-state index in [0.717, 1.165) is 19.4 Å². The predicted octanol–water partition coefficient (Wildman–Crippen LogP) is -0.213. The van der Waals surface area contributed by atoms with Crippen LogP contribution in [0.3, 0.4) is 0 Å². The molecular weight excluding hydrogens is 194 g/mol. The molecule has 5 nitrogen and oxygen atoms in total. The number of rotatable bonds is 4. The van der Waals surface area contributed by atoms with E-state index in [-0.39, 0.29) is 11.8 Å². The molecule has 5 heteroatoms. The Morgan fingerprint density at radius 1 is 1.47 bits per heavy atom. The lowest BCUT2D eigenvalue weighted by atomic mass is 10.2. The number of aromatic nitrogens is 2. The largest absolute Gasteiger partial charge is 0.376 e. The third kappa shape index (κ3) is 2.30. The van der Waals surface area contributed by atoms with Crippen molar-refractivity contribution in [3.63, 3.8) is 0 Å². The molecule has 15 heavy (non-hydrogen) atoms. The molecule has 1 aliphatic heterocycles. The molecular formula is C10H17N3O2. The molecule has 0 bridgehead atoms. The molecule has 0 aromatic carbocycles. The van der Waals surface area contributed by atoms with Gasteiger partial charge < -0.3 is 10.5 Å². The molecule has 2 rings (SSSR count). The summed E-state index contributed by atoms with van der Waals surface area (Å²) in [6, 6.07) is 0. The summed E-state index contributed by atoms with van der Waals surface area (Å²) in [5.74, 6) is 0. The molecule has 0 radical (unpaired) electrons. The minimum Gasteiger partial charge on any atom is -0.376 e. The first kappa shape index (κ1) is 10.4. The number of ether oxygens (including phenoxy) is 1. The Kier molecular flexibility index (Phi) is 3.23. The second kappa shape index (κ2) is 4.63. The molecule has 1 fully saturated rings. The van der Waals surface area contributed by atoms with E-state index in [1.54, 1.807) is 21.5 Å². The van der Waals surface area contributed by atoms with E-state index in [1.807, 2.05) is 0 Å². The van der Waals surface area contributed by atoms with Gasteiger partial charge in [0, 0.05) is 32.1 Å². The van der Waals surface area contributed by atoms with Crippen LogP contribution < -0.4 is 11.4 Å². The number of hydrogen-bond donors (Lipinski definition) is 1. The lowest BCUT2D eigenvalue weighted by Crippen LogP contribution is -2.29. The minimum atomic E-state index is 0.0101. The van der Waals surface area contributed by atoms with E-state index < -0.39 is 0 Å². The van der Waals surface area contributed by atoms with Gasteiger partial charge in [0.1, 0.15) is 0 Å². The summed E-state index contributed by atoms with van der Waals surface area (Å²) in [5, 5.41) is 0. The zero-order valence-electron chi connectivity index (χ0n) is 8.76. The zero-order valence-corrected chi connectivity index (χ0v) is 8.76. The van der Waals surface area contributed by atoms with Gasteiger partial charge in [-0.15, -0.1) is 0 Å². The summed E-state index contributed by atoms with van der Waals surface area (Å²) in [7, 11) is 0. The fourth-order valence-corrected chi connectivity index (χ4v) is 1.91. The predicted molar refractivity (Wildman–Crippen MR) is 56.7 cm³/mol. The Morgan fingerprint density at radius 3 is 2.93 bits per heavy atom. The number of nitrogens with two attached hydrogens (primary N) is 1. The van der Waals surface area contributed by atoms with Gasteiger partial charge in [-0.05, 0) is 12.8 Å². The molecule has 2 N–H and O–H groups in total. The van der Waals surface area contributed by atoms with E-state index in [9.17, 15) is 4.79 Å². The molecule has 2 heterocycles. The fraction of sp³-hybridized carbons (Fsp3) is 0.700. The summed E-state index contributed by atoms with van der Waals surface area (Å²) in [6.07, 6.45) is 5.94. The van der Waals surface area contributed by atoms with Crippen LogP contribution in [0.15, 0.2) is 17.2 Å². The van der Waals surface area contributed by atoms with Crippen molar-refractivity contribution in [2.24, 2.45) is 5.73 Å². The summed E-state index contributed by atoms with van der Waals surface area (Å²) in [6.45, 7) is 2.56. The van der Waals surface area contributed by atoms with Crippen molar-refractivity contribution in [3.8, 4) is 0 Å². The highest BCUT2D eigenvalue weighted by Gasteiger charge is 2.17. The molecule has 1 saturated heterocycles. The monoisotopic (exact) mass is 211 g/mol. The molecule has 1 atom stereocenters. The van der Waals surface area contributed by atoms with Crippen molar-refractivity contribution in [1.29, 1.82) is 0 Å². The smallest absolute Gasteiger partial charge is 0.328 e. The molecule has 0 aliphatic carbocycles. The zero-order chi connectivity index (χ0) is 10.7. The van der Waals surface area contributed by atoms with Crippen LogP contribution in [-0.4, -0.2) is 28.4 Å². The maximum absolute atomic E-state index is 11.8. The van der Waals surface area contributed by atoms with Gasteiger partial charge in [-0.1, -0.05) is 0 Å². The van der Waals surface area contributed by atoms with Gasteiger partial charge in [0.05, 0.1) is 12.6 Å². The van der Waals surface area contributed by atoms with Gasteiger partial charge in [0.15, 0.2) is 0 Å². The SMILES string of the molecule is NCCn1ccn(CC2CCCO2)c1=O. The first-order chi connectivity index (χ1) is 7.31. The van der Waals surface area contributed by atoms with Crippen LogP contribution in [-0.2, 0) is 17.8 Å². The van der Waals surface area contributed by atoms with E-state index in [1.165, 1.54) is 0 Å². The summed E-state index contributed by atoms with van der Waals surface area (Å²) < 4.78 is 8.82. The summed E-state index contributed by atoms with van der Waals surface area (Å²) in [4.78, 5) is 11.8. The molecule has 0 amide bonds. The Labute approximate surface area is 88.4 Å². The van der Waals surface area contributed by atoms with Gasteiger partial charge in [-0.3, -0.25) is 9.13 Å². The van der Waals surface area contributed by atoms with Crippen LogP contribution >= 0.6 is 0 Å². The van der Waals surface area contributed by atoms with Crippen LogP contribution in [0.5, 0.6) is 0 Å². The van der Waals surface area contributed by atoms with E-state index in [4.69, 9.17) is 10.5 Å². The molecule has 1 aromatic heterocycles. The maximum atomic E-state index is 11.8. The van der Waals surface area contributed by atoms with Crippen LogP contribution in [0, 0.1) is 0 Å². The summed E-state index contributed by atoms with van der Waals surface area (Å²) in [5.41, 5.74) is 5.42. The van der Waals surface area contributed by atoms with Gasteiger partial charge in [0.2, 0.25) is 0 Å². The normalized spacial score (nSPS) is 21.0. The maximum Gasteiger partial charge on any atom is 0.328 e. The highest BCUT2D eigenvalue weighted by Crippen LogP contribution is 2.12. The lowest BCUT2D eigenvalue weighted by Gasteiger charge is -2.08. The Hall–Kier alpha value is -1.07. The van der Waals surface area contributed by atoms with Crippen LogP contribution in [0.2, 0.25) is 0 Å². The highest BCUT2D eigenvalue weighted by molar-refractivity contribution is 4.83. The molecule has 84 valence electrons. The van der Waals surface area contributed by atoms with Gasteiger partial charge >= 0.3 is 5.69 Å². The molecule has 1 aromatic rings. The van der Waals surface area contributed by atoms with Gasteiger partial charge in [-0.25, -0.2) is 4.79 Å². The Morgan fingerprint density at radius 2 is 2.27 bits per heavy atom. The van der Waals surface area contributed by atoms with Crippen molar-refractivity contribution in [2.45, 2.75) is 32.0 Å². The number of imidazole rings is 1. The number of hydrogen-bond acceptors (Lipinski definition) is 3. The third-order valence-electron chi connectivity index (χ3n) is 2.71. The van der Waals surface area contributed by atoms with Crippen molar-refractivity contribution >= 4 is 0 Å². The van der Waals surface area contributed by atoms with Crippen molar-refractivity contribution in [1.82, 2.24) is 9.13 Å². The van der Waals surface area contributed by atoms with Crippen molar-refractivity contribution in [2.75, 3.05) is 13.2 Å². The second-order valence-corrected chi connectivity index (χ2v) is 3.85. The van der Waals surface area contributed by atoms with E-state index in [0.29, 0.717) is 19.6 Å². The quantitative estimate of drug-likeness (QED) is 0.749. The van der Waals surface area contributed by atoms with Crippen LogP contribution in [0.4, 0.5) is 0 Å². The Balaban J connectivity index is 2.04. The lowest BCUT2D eigenvalue weighted by molar-refractivity contribution is 0.0960. The van der Waals surface area contributed by atoms with Crippen molar-refractivity contribution in [3.05, 3.63) is 22.9 Å². The average molecular weight is 211 g/mol. The molecule has 1 unspecified atom stereocenters. The van der Waals surface area contributed by atoms with Crippen LogP contribution in [0.1, 0.15) is 12.8 Å². The molecule has 0 saturated carbocycles. The minimum absolute atomic E-state index is 0.0101. The topological polar surface area (TPSA) is 62.2 Å². The molecule has 0 spiro atoms. The molecule has 1 aliphatic rings. The standard InChI is InChI=1S/C10H17N3O2/c11-3-4-12-5-6-13(10(12)14)8-9-2-1-7-15-9/h5-6,9H,1-4,7-8,11H2. The first-order valence-corrected chi connectivity index (χ1v) is 5.38. The van der Waals surface area contributed by atoms with E-state index >= 15 is 0 Å². The first-order valence-electron chi connectivity index (χ1n) is 5.38. The van der Waals surface area contributed by atoms with Gasteiger partial charge in [-0.2, -0.15) is 0 Å². The van der Waals surface area contributed by atoms with Crippen molar-refractivity contribution < 1.29 is 4.74 Å². The number of nitrogens with zero attached hydrogens (tertiary/aromatic N) is 2. The second-order valence-electron chi connectivity index (χ2n) is 3.85. The van der Waals surface area contributed by atoms with E-state index in [2.05, 4.69) is 0 Å². The van der Waals surface area contributed by atoms with Crippen LogP contribution in [0.25, 0.3) is 0 Å². The third-order valence-corrected chi connectivity index (χ3v) is 2.71.